The van der Waals surface area contributed by atoms with E-state index in [0.717, 1.165) is 35.2 Å². The predicted octanol–water partition coefficient (Wildman–Crippen LogP) is 4.86. The number of carbonyl (C=O) groups is 1. The van der Waals surface area contributed by atoms with E-state index in [2.05, 4.69) is 32.5 Å². The van der Waals surface area contributed by atoms with E-state index in [1.165, 1.54) is 25.3 Å². The molecule has 2 aromatic rings. The SMILES string of the molecule is O=C(CCCN1CCCCC1)c1ccncc1Cc1ccc(I)cc1F. The fourth-order valence-electron chi connectivity index (χ4n) is 3.49. The Labute approximate surface area is 168 Å². The molecule has 3 rings (SSSR count). The van der Waals surface area contributed by atoms with Crippen molar-refractivity contribution in [2.24, 2.45) is 0 Å². The van der Waals surface area contributed by atoms with Crippen molar-refractivity contribution in [3.8, 4) is 0 Å². The summed E-state index contributed by atoms with van der Waals surface area (Å²) in [5.74, 6) is -0.102. The Kier molecular flexibility index (Phi) is 7.14. The minimum absolute atomic E-state index is 0.130. The molecule has 1 aromatic carbocycles. The molecule has 0 spiro atoms. The third-order valence-electron chi connectivity index (χ3n) is 4.93. The van der Waals surface area contributed by atoms with Crippen molar-refractivity contribution in [3.63, 3.8) is 0 Å². The first-order valence-electron chi connectivity index (χ1n) is 9.26. The van der Waals surface area contributed by atoms with E-state index in [1.807, 2.05) is 6.07 Å². The van der Waals surface area contributed by atoms with Gasteiger partial charge in [-0.15, -0.1) is 0 Å². The van der Waals surface area contributed by atoms with Crippen LogP contribution in [0.3, 0.4) is 0 Å². The Bertz CT molecular complexity index is 759. The Balaban J connectivity index is 1.63. The zero-order chi connectivity index (χ0) is 18.4. The van der Waals surface area contributed by atoms with Crippen LogP contribution in [0.25, 0.3) is 0 Å². The monoisotopic (exact) mass is 466 g/mol. The quantitative estimate of drug-likeness (QED) is 0.432. The van der Waals surface area contributed by atoms with Crippen LogP contribution in [0.1, 0.15) is 53.6 Å². The lowest BCUT2D eigenvalue weighted by Gasteiger charge is -2.26. The highest BCUT2D eigenvalue weighted by molar-refractivity contribution is 14.1. The summed E-state index contributed by atoms with van der Waals surface area (Å²) < 4.78 is 15.0. The molecule has 5 heteroatoms. The molecule has 1 saturated heterocycles. The van der Waals surface area contributed by atoms with Gasteiger partial charge in [0, 0.05) is 34.4 Å². The van der Waals surface area contributed by atoms with E-state index in [4.69, 9.17) is 0 Å². The number of aromatic nitrogens is 1. The molecule has 3 nitrogen and oxygen atoms in total. The molecular weight excluding hydrogens is 442 g/mol. The van der Waals surface area contributed by atoms with Crippen LogP contribution in [-0.2, 0) is 6.42 Å². The van der Waals surface area contributed by atoms with Crippen molar-refractivity contribution < 1.29 is 9.18 Å². The van der Waals surface area contributed by atoms with Gasteiger partial charge in [-0.2, -0.15) is 0 Å². The minimum atomic E-state index is -0.232. The molecule has 138 valence electrons. The molecule has 0 saturated carbocycles. The highest BCUT2D eigenvalue weighted by atomic mass is 127. The lowest BCUT2D eigenvalue weighted by atomic mass is 9.97. The maximum absolute atomic E-state index is 14.2. The summed E-state index contributed by atoms with van der Waals surface area (Å²) in [6.07, 6.45) is 8.99. The Morgan fingerprint density at radius 1 is 1.15 bits per heavy atom. The Hall–Kier alpha value is -1.34. The van der Waals surface area contributed by atoms with Crippen LogP contribution < -0.4 is 0 Å². The number of hydrogen-bond acceptors (Lipinski definition) is 3. The van der Waals surface area contributed by atoms with Gasteiger partial charge in [0.15, 0.2) is 5.78 Å². The van der Waals surface area contributed by atoms with E-state index in [-0.39, 0.29) is 11.6 Å². The van der Waals surface area contributed by atoms with Crippen LogP contribution in [0.15, 0.2) is 36.7 Å². The number of halogens is 2. The molecule has 2 heterocycles. The molecule has 1 aromatic heterocycles. The molecular formula is C21H24FIN2O. The van der Waals surface area contributed by atoms with E-state index in [1.54, 1.807) is 24.5 Å². The zero-order valence-corrected chi connectivity index (χ0v) is 17.0. The highest BCUT2D eigenvalue weighted by Gasteiger charge is 2.15. The number of likely N-dealkylation sites (tertiary alicyclic amines) is 1. The molecule has 1 aliphatic heterocycles. The lowest BCUT2D eigenvalue weighted by Crippen LogP contribution is -2.30. The fraction of sp³-hybridized carbons (Fsp3) is 0.429. The third kappa shape index (κ3) is 5.33. The predicted molar refractivity (Wildman–Crippen MR) is 110 cm³/mol. The zero-order valence-electron chi connectivity index (χ0n) is 14.9. The summed E-state index contributed by atoms with van der Waals surface area (Å²) >= 11 is 2.09. The number of ketones is 1. The number of carbonyl (C=O) groups excluding carboxylic acids is 1. The smallest absolute Gasteiger partial charge is 0.163 e. The fourth-order valence-corrected chi connectivity index (χ4v) is 3.94. The normalized spacial score (nSPS) is 15.2. The van der Waals surface area contributed by atoms with Crippen molar-refractivity contribution >= 4 is 28.4 Å². The van der Waals surface area contributed by atoms with Crippen molar-refractivity contribution in [1.29, 1.82) is 0 Å². The number of benzene rings is 1. The van der Waals surface area contributed by atoms with Crippen LogP contribution >= 0.6 is 22.6 Å². The van der Waals surface area contributed by atoms with Gasteiger partial charge in [0.2, 0.25) is 0 Å². The molecule has 0 bridgehead atoms. The maximum atomic E-state index is 14.2. The van der Waals surface area contributed by atoms with Crippen molar-refractivity contribution in [1.82, 2.24) is 9.88 Å². The van der Waals surface area contributed by atoms with Crippen LogP contribution in [0, 0.1) is 9.39 Å². The van der Waals surface area contributed by atoms with Crippen molar-refractivity contribution in [2.45, 2.75) is 38.5 Å². The van der Waals surface area contributed by atoms with E-state index >= 15 is 0 Å². The number of nitrogens with zero attached hydrogens (tertiary/aromatic N) is 2. The van der Waals surface area contributed by atoms with Crippen molar-refractivity contribution in [2.75, 3.05) is 19.6 Å². The van der Waals surface area contributed by atoms with Gasteiger partial charge in [-0.05, 0) is 90.8 Å². The van der Waals surface area contributed by atoms with Crippen LogP contribution in [0.5, 0.6) is 0 Å². The first-order valence-corrected chi connectivity index (χ1v) is 10.3. The minimum Gasteiger partial charge on any atom is -0.303 e. The van der Waals surface area contributed by atoms with Gasteiger partial charge in [0.25, 0.3) is 0 Å². The second kappa shape index (κ2) is 9.55. The highest BCUT2D eigenvalue weighted by Crippen LogP contribution is 2.20. The van der Waals surface area contributed by atoms with Gasteiger partial charge >= 0.3 is 0 Å². The van der Waals surface area contributed by atoms with Crippen molar-refractivity contribution in [3.05, 3.63) is 62.7 Å². The number of Topliss-reactive ketones (excluding diaryl/α,β-unsaturated/α-hetero) is 1. The summed E-state index contributed by atoms with van der Waals surface area (Å²) in [6.45, 7) is 3.29. The van der Waals surface area contributed by atoms with E-state index in [0.29, 0.717) is 24.0 Å². The van der Waals surface area contributed by atoms with Crippen LogP contribution in [0.2, 0.25) is 0 Å². The molecule has 0 radical (unpaired) electrons. The number of piperidine rings is 1. The molecule has 0 unspecified atom stereocenters. The first kappa shape index (κ1) is 19.4. The standard InChI is InChI=1S/C21H24FIN2O/c22-20-14-18(23)7-6-16(20)13-17-15-24-9-8-19(17)21(26)5-4-12-25-10-2-1-3-11-25/h6-9,14-15H,1-5,10-13H2. The Morgan fingerprint density at radius 3 is 2.73 bits per heavy atom. The summed E-state index contributed by atoms with van der Waals surface area (Å²) in [5, 5.41) is 0. The third-order valence-corrected chi connectivity index (χ3v) is 5.60. The van der Waals surface area contributed by atoms with Gasteiger partial charge in [0.05, 0.1) is 0 Å². The molecule has 0 amide bonds. The number of hydrogen-bond donors (Lipinski definition) is 0. The largest absolute Gasteiger partial charge is 0.303 e. The van der Waals surface area contributed by atoms with Crippen LogP contribution in [0.4, 0.5) is 4.39 Å². The van der Waals surface area contributed by atoms with E-state index < -0.39 is 0 Å². The summed E-state index contributed by atoms with van der Waals surface area (Å²) in [7, 11) is 0. The molecule has 0 atom stereocenters. The first-order chi connectivity index (χ1) is 12.6. The topological polar surface area (TPSA) is 33.2 Å². The van der Waals surface area contributed by atoms with Gasteiger partial charge in [0.1, 0.15) is 5.82 Å². The Morgan fingerprint density at radius 2 is 1.96 bits per heavy atom. The lowest BCUT2D eigenvalue weighted by molar-refractivity contribution is 0.0972. The maximum Gasteiger partial charge on any atom is 0.163 e. The molecule has 1 fully saturated rings. The van der Waals surface area contributed by atoms with Gasteiger partial charge in [-0.3, -0.25) is 9.78 Å². The molecule has 1 aliphatic rings. The molecule has 0 aliphatic carbocycles. The average Bonchev–Trinajstić information content (AvgIpc) is 2.65. The van der Waals surface area contributed by atoms with Gasteiger partial charge < -0.3 is 4.90 Å². The second-order valence-corrected chi connectivity index (χ2v) is 8.12. The second-order valence-electron chi connectivity index (χ2n) is 6.87. The summed E-state index contributed by atoms with van der Waals surface area (Å²) in [5.41, 5.74) is 2.08. The van der Waals surface area contributed by atoms with E-state index in [9.17, 15) is 9.18 Å². The summed E-state index contributed by atoms with van der Waals surface area (Å²) in [6, 6.07) is 6.96. The summed E-state index contributed by atoms with van der Waals surface area (Å²) in [4.78, 5) is 19.3. The number of pyridine rings is 1. The molecule has 26 heavy (non-hydrogen) atoms. The molecule has 0 N–H and O–H groups in total. The van der Waals surface area contributed by atoms with Gasteiger partial charge in [-0.1, -0.05) is 12.5 Å². The van der Waals surface area contributed by atoms with Gasteiger partial charge in [-0.25, -0.2) is 4.39 Å². The average molecular weight is 466 g/mol. The number of rotatable bonds is 7. The van der Waals surface area contributed by atoms with Crippen LogP contribution in [-0.4, -0.2) is 35.3 Å².